The minimum absolute atomic E-state index is 0.0279. The Morgan fingerprint density at radius 2 is 2.04 bits per heavy atom. The van der Waals surface area contributed by atoms with Crippen LogP contribution in [0.3, 0.4) is 0 Å². The zero-order valence-corrected chi connectivity index (χ0v) is 13.7. The first-order chi connectivity index (χ1) is 11.1. The number of ether oxygens (including phenoxy) is 4. The van der Waals surface area contributed by atoms with Crippen molar-refractivity contribution in [2.45, 2.75) is 37.4 Å². The first kappa shape index (κ1) is 19.0. The molecule has 6 nitrogen and oxygen atoms in total. The van der Waals surface area contributed by atoms with Gasteiger partial charge >= 0.3 is 12.3 Å². The molecule has 2 rings (SSSR count). The van der Waals surface area contributed by atoms with Crippen LogP contribution in [0.25, 0.3) is 0 Å². The molecule has 1 aliphatic carbocycles. The van der Waals surface area contributed by atoms with E-state index in [0.717, 1.165) is 6.08 Å². The maximum atomic E-state index is 12.7. The van der Waals surface area contributed by atoms with Crippen LogP contribution >= 0.6 is 11.6 Å². The molecular weight excluding hydrogens is 355 g/mol. The Bertz CT molecular complexity index is 567. The number of carbonyl (C=O) groups excluding carboxylic acids is 1. The Labute approximate surface area is 141 Å². The minimum Gasteiger partial charge on any atom is -0.463 e. The second-order valence-electron chi connectivity index (χ2n) is 5.36. The number of esters is 1. The lowest BCUT2D eigenvalue weighted by atomic mass is 9.80. The van der Waals surface area contributed by atoms with Crippen LogP contribution in [0.2, 0.25) is 0 Å². The highest BCUT2D eigenvalue weighted by Gasteiger charge is 2.48. The normalized spacial score (nSPS) is 28.8. The van der Waals surface area contributed by atoms with E-state index in [0.29, 0.717) is 0 Å². The highest BCUT2D eigenvalue weighted by Crippen LogP contribution is 2.41. The second-order valence-corrected chi connectivity index (χ2v) is 5.80. The lowest BCUT2D eigenvalue weighted by Crippen LogP contribution is -2.54. The molecule has 0 spiro atoms. The van der Waals surface area contributed by atoms with E-state index < -0.39 is 35.3 Å². The largest absolute Gasteiger partial charge is 0.573 e. The average Bonchev–Trinajstić information content (AvgIpc) is 2.95. The molecule has 24 heavy (non-hydrogen) atoms. The number of alkyl halides is 4. The van der Waals surface area contributed by atoms with Crippen LogP contribution in [0.15, 0.2) is 23.0 Å². The maximum Gasteiger partial charge on any atom is 0.573 e. The van der Waals surface area contributed by atoms with Gasteiger partial charge in [-0.15, -0.1) is 24.8 Å². The van der Waals surface area contributed by atoms with Crippen molar-refractivity contribution in [3.05, 3.63) is 23.0 Å². The summed E-state index contributed by atoms with van der Waals surface area (Å²) in [6, 6.07) is 0. The monoisotopic (exact) mass is 371 g/mol. The fourth-order valence-electron chi connectivity index (χ4n) is 2.43. The zero-order valence-electron chi connectivity index (χ0n) is 13.0. The third-order valence-corrected chi connectivity index (χ3v) is 4.22. The van der Waals surface area contributed by atoms with Gasteiger partial charge in [0.05, 0.1) is 36.3 Å². The van der Waals surface area contributed by atoms with Gasteiger partial charge in [-0.25, -0.2) is 4.79 Å². The number of hydrogen-bond acceptors (Lipinski definition) is 6. The molecule has 2 N–H and O–H groups in total. The Balaban J connectivity index is 2.53. The zero-order chi connectivity index (χ0) is 18.1. The van der Waals surface area contributed by atoms with Crippen molar-refractivity contribution in [2.24, 2.45) is 5.73 Å². The predicted octanol–water partition coefficient (Wildman–Crippen LogP) is 1.98. The molecule has 0 aromatic carbocycles. The van der Waals surface area contributed by atoms with Crippen LogP contribution in [0.4, 0.5) is 13.2 Å². The molecule has 10 heteroatoms. The summed E-state index contributed by atoms with van der Waals surface area (Å²) in [5.74, 6) is -1.55. The van der Waals surface area contributed by atoms with Crippen LogP contribution in [-0.4, -0.2) is 49.4 Å². The maximum absolute atomic E-state index is 12.7. The Kier molecular flexibility index (Phi) is 5.48. The van der Waals surface area contributed by atoms with Crippen molar-refractivity contribution in [3.63, 3.8) is 0 Å². The van der Waals surface area contributed by atoms with Gasteiger partial charge in [-0.1, -0.05) is 0 Å². The predicted molar refractivity (Wildman–Crippen MR) is 76.8 cm³/mol. The van der Waals surface area contributed by atoms with E-state index in [-0.39, 0.29) is 31.0 Å². The first-order valence-corrected chi connectivity index (χ1v) is 7.56. The molecule has 1 fully saturated rings. The molecule has 2 unspecified atom stereocenters. The number of carbonyl (C=O) groups is 1. The van der Waals surface area contributed by atoms with Gasteiger partial charge in [-0.2, -0.15) is 0 Å². The van der Waals surface area contributed by atoms with Crippen molar-refractivity contribution < 1.29 is 36.9 Å². The number of allylic oxidation sites excluding steroid dienone is 1. The number of nitrogens with two attached hydrogens (primary N) is 1. The van der Waals surface area contributed by atoms with Gasteiger partial charge in [0.25, 0.3) is 0 Å². The van der Waals surface area contributed by atoms with Crippen LogP contribution in [0, 0.1) is 0 Å². The molecule has 2 aliphatic rings. The number of halogens is 4. The molecular formula is C14H17ClF3NO5. The van der Waals surface area contributed by atoms with E-state index >= 15 is 0 Å². The molecule has 0 radical (unpaired) electrons. The molecule has 0 amide bonds. The van der Waals surface area contributed by atoms with Crippen LogP contribution in [-0.2, 0) is 23.7 Å². The summed E-state index contributed by atoms with van der Waals surface area (Å²) in [7, 11) is 0. The first-order valence-electron chi connectivity index (χ1n) is 7.13. The topological polar surface area (TPSA) is 80.0 Å². The lowest BCUT2D eigenvalue weighted by Gasteiger charge is -2.38. The van der Waals surface area contributed by atoms with Gasteiger partial charge in [0, 0.05) is 5.57 Å². The third-order valence-electron chi connectivity index (χ3n) is 3.54. The highest BCUT2D eigenvalue weighted by molar-refractivity contribution is 6.24. The highest BCUT2D eigenvalue weighted by atomic mass is 35.5. The van der Waals surface area contributed by atoms with Gasteiger partial charge in [-0.05, 0) is 19.9 Å². The fraction of sp³-hybridized carbons (Fsp3) is 0.643. The summed E-state index contributed by atoms with van der Waals surface area (Å²) in [5.41, 5.74) is 4.24. The molecule has 0 bridgehead atoms. The van der Waals surface area contributed by atoms with Crippen molar-refractivity contribution in [1.82, 2.24) is 0 Å². The van der Waals surface area contributed by atoms with Gasteiger partial charge in [0.1, 0.15) is 5.76 Å². The Morgan fingerprint density at radius 3 is 2.54 bits per heavy atom. The molecule has 2 atom stereocenters. The molecule has 0 saturated carbocycles. The number of hydrogen-bond donors (Lipinski definition) is 1. The molecule has 136 valence electrons. The van der Waals surface area contributed by atoms with E-state index in [1.165, 1.54) is 6.92 Å². The molecule has 0 aromatic heterocycles. The van der Waals surface area contributed by atoms with E-state index in [2.05, 4.69) is 4.74 Å². The summed E-state index contributed by atoms with van der Waals surface area (Å²) in [6.07, 6.45) is -5.24. The van der Waals surface area contributed by atoms with Gasteiger partial charge in [0.2, 0.25) is 0 Å². The summed E-state index contributed by atoms with van der Waals surface area (Å²) in [6.45, 7) is 3.37. The minimum atomic E-state index is -4.99. The van der Waals surface area contributed by atoms with E-state index in [9.17, 15) is 18.0 Å². The van der Waals surface area contributed by atoms with Crippen molar-refractivity contribution in [1.29, 1.82) is 0 Å². The second kappa shape index (κ2) is 6.91. The van der Waals surface area contributed by atoms with Gasteiger partial charge in [-0.3, -0.25) is 0 Å². The lowest BCUT2D eigenvalue weighted by molar-refractivity contribution is -0.304. The summed E-state index contributed by atoms with van der Waals surface area (Å²) < 4.78 is 57.5. The van der Waals surface area contributed by atoms with Crippen molar-refractivity contribution >= 4 is 17.6 Å². The van der Waals surface area contributed by atoms with Crippen molar-refractivity contribution in [2.75, 3.05) is 19.8 Å². The van der Waals surface area contributed by atoms with E-state index in [4.69, 9.17) is 31.5 Å². The fourth-order valence-corrected chi connectivity index (χ4v) is 2.76. The van der Waals surface area contributed by atoms with Crippen LogP contribution in [0.1, 0.15) is 13.8 Å². The Hall–Kier alpha value is -1.29. The standard InChI is InChI=1S/C14H17ClF3NO5/c1-3-21-11(20)7-6-8(24-14(16,17)18)9(10(15)13(7,2)19)12-22-4-5-23-12/h6,10,12H,3-5,19H2,1-2H3. The summed E-state index contributed by atoms with van der Waals surface area (Å²) in [4.78, 5) is 12.0. The summed E-state index contributed by atoms with van der Waals surface area (Å²) >= 11 is 6.28. The van der Waals surface area contributed by atoms with Gasteiger partial charge in [0.15, 0.2) is 6.29 Å². The number of rotatable bonds is 4. The molecule has 1 heterocycles. The van der Waals surface area contributed by atoms with Crippen LogP contribution < -0.4 is 5.73 Å². The molecule has 0 aromatic rings. The van der Waals surface area contributed by atoms with E-state index in [1.54, 1.807) is 6.92 Å². The average molecular weight is 372 g/mol. The summed E-state index contributed by atoms with van der Waals surface area (Å²) in [5, 5.41) is -1.23. The third kappa shape index (κ3) is 3.85. The molecule has 1 saturated heterocycles. The Morgan fingerprint density at radius 1 is 1.46 bits per heavy atom. The van der Waals surface area contributed by atoms with E-state index in [1.807, 2.05) is 0 Å². The molecule has 1 aliphatic heterocycles. The van der Waals surface area contributed by atoms with Crippen molar-refractivity contribution in [3.8, 4) is 0 Å². The SMILES string of the molecule is CCOC(=O)C1=CC(OC(F)(F)F)=C(C2OCCO2)C(Cl)C1(C)N. The smallest absolute Gasteiger partial charge is 0.463 e. The van der Waals surface area contributed by atoms with Gasteiger partial charge < -0.3 is 24.7 Å². The quantitative estimate of drug-likeness (QED) is 0.601. The van der Waals surface area contributed by atoms with Crippen LogP contribution in [0.5, 0.6) is 0 Å².